The van der Waals surface area contributed by atoms with Crippen LogP contribution in [0.1, 0.15) is 132 Å². The largest absolute Gasteiger partial charge is 0.489 e. The molecule has 2 saturated heterocycles. The average Bonchev–Trinajstić information content (AvgIpc) is 4.00. The van der Waals surface area contributed by atoms with Crippen molar-refractivity contribution in [3.63, 3.8) is 0 Å². The smallest absolute Gasteiger partial charge is 0.297 e. The fraction of sp³-hybridized carbons (Fsp3) is 0.509. The molecule has 2 atom stereocenters. The number of aromatic nitrogens is 2. The molecule has 1 amide bonds. The van der Waals surface area contributed by atoms with E-state index < -0.39 is 31.4 Å². The van der Waals surface area contributed by atoms with E-state index in [-0.39, 0.29) is 63.8 Å². The van der Waals surface area contributed by atoms with Gasteiger partial charge in [-0.3, -0.25) is 19.8 Å². The number of rotatable bonds is 13. The van der Waals surface area contributed by atoms with Gasteiger partial charge in [0, 0.05) is 60.6 Å². The van der Waals surface area contributed by atoms with Gasteiger partial charge in [-0.2, -0.15) is 4.98 Å². The third-order valence-corrected chi connectivity index (χ3v) is 17.2. The highest BCUT2D eigenvalue weighted by molar-refractivity contribution is 7.90. The topological polar surface area (TPSA) is 181 Å². The molecule has 4 fully saturated rings. The van der Waals surface area contributed by atoms with Gasteiger partial charge in [-0.25, -0.2) is 13.1 Å². The number of nitrogens with zero attached hydrogens (tertiary/aromatic N) is 4. The van der Waals surface area contributed by atoms with Gasteiger partial charge in [0.2, 0.25) is 0 Å². The van der Waals surface area contributed by atoms with Gasteiger partial charge in [0.05, 0.1) is 28.0 Å². The lowest BCUT2D eigenvalue weighted by molar-refractivity contribution is -0.384. The first kappa shape index (κ1) is 46.8. The number of aromatic amines is 1. The number of pyridine rings is 1. The molecule has 10 rings (SSSR count). The number of sulfonamides is 1. The SMILES string of the molecule is CCOc1nc2[nH]ccc2cc1Oc1cc(N2CCC3(CC2)CC(N2CCC[C@@H]2c2ccccc2C(C)C)C3)ccc1C(=O)NS(=O)(=O)c1cc2c(c([N+](=O)[O-])c1)N[C@@H](C1CCC(C)(C)CC1)CO2. The molecule has 16 heteroatoms. The third-order valence-electron chi connectivity index (χ3n) is 15.9. The molecular weight excluding hydrogens is 895 g/mol. The maximum Gasteiger partial charge on any atom is 0.297 e. The van der Waals surface area contributed by atoms with Crippen LogP contribution in [0.25, 0.3) is 11.0 Å². The van der Waals surface area contributed by atoms with Crippen molar-refractivity contribution >= 4 is 44.0 Å². The molecule has 3 aliphatic heterocycles. The van der Waals surface area contributed by atoms with Crippen LogP contribution in [-0.2, 0) is 10.0 Å². The molecule has 2 aromatic heterocycles. The van der Waals surface area contributed by atoms with E-state index in [4.69, 9.17) is 14.2 Å². The Morgan fingerprint density at radius 2 is 1.75 bits per heavy atom. The standard InChI is InChI=1S/C53H65N7O8S/c1-6-66-51-47(26-35-17-22-54-49(35)56-51)68-45-27-36(58-24-20-53(21-25-58)30-37(31-53)59-23-9-12-43(59)40-11-8-7-10-39(40)33(2)3)13-14-41(45)50(61)57-69(64,65)38-28-44(60(62)63)48-46(29-38)67-32-42(55-48)34-15-18-52(4,5)19-16-34/h7-8,10-11,13-14,17,22,26-29,33-34,37,42-43,55H,6,9,12,15-16,18-21,23-25,30-32H2,1-5H3,(H,54,56)(H,57,61)/t42-,43-/m1/s1. The maximum absolute atomic E-state index is 14.3. The van der Waals surface area contributed by atoms with E-state index in [0.29, 0.717) is 30.3 Å². The molecule has 15 nitrogen and oxygen atoms in total. The van der Waals surface area contributed by atoms with Crippen molar-refractivity contribution in [1.82, 2.24) is 19.6 Å². The van der Waals surface area contributed by atoms with Crippen molar-refractivity contribution in [3.8, 4) is 23.1 Å². The molecule has 366 valence electrons. The summed E-state index contributed by atoms with van der Waals surface area (Å²) in [5, 5.41) is 16.6. The summed E-state index contributed by atoms with van der Waals surface area (Å²) in [6.45, 7) is 14.2. The van der Waals surface area contributed by atoms with E-state index in [0.717, 1.165) is 75.3 Å². The number of carbonyl (C=O) groups is 1. The predicted octanol–water partition coefficient (Wildman–Crippen LogP) is 10.9. The summed E-state index contributed by atoms with van der Waals surface area (Å²) >= 11 is 0. The van der Waals surface area contributed by atoms with Gasteiger partial charge in [-0.1, -0.05) is 52.0 Å². The van der Waals surface area contributed by atoms with Gasteiger partial charge in [-0.15, -0.1) is 0 Å². The number of amides is 1. The van der Waals surface area contributed by atoms with E-state index in [1.807, 2.05) is 19.1 Å². The molecule has 3 N–H and O–H groups in total. The van der Waals surface area contributed by atoms with E-state index in [1.165, 1.54) is 42.9 Å². The second-order valence-electron chi connectivity index (χ2n) is 21.2. The first-order valence-corrected chi connectivity index (χ1v) is 26.4. The summed E-state index contributed by atoms with van der Waals surface area (Å²) in [4.78, 5) is 38.5. The van der Waals surface area contributed by atoms with Gasteiger partial charge in [0.1, 0.15) is 18.0 Å². The monoisotopic (exact) mass is 959 g/mol. The lowest BCUT2D eigenvalue weighted by atomic mass is 9.59. The third kappa shape index (κ3) is 9.33. The summed E-state index contributed by atoms with van der Waals surface area (Å²) in [6.07, 6.45) is 12.6. The highest BCUT2D eigenvalue weighted by atomic mass is 32.2. The van der Waals surface area contributed by atoms with Crippen molar-refractivity contribution in [2.24, 2.45) is 16.7 Å². The lowest BCUT2D eigenvalue weighted by Gasteiger charge is -2.56. The highest BCUT2D eigenvalue weighted by Crippen LogP contribution is 2.55. The number of H-pyrrole nitrogens is 1. The minimum atomic E-state index is -4.67. The van der Waals surface area contributed by atoms with Crippen molar-refractivity contribution in [1.29, 1.82) is 0 Å². The Kier molecular flexibility index (Phi) is 12.5. The lowest BCUT2D eigenvalue weighted by Crippen LogP contribution is -2.54. The van der Waals surface area contributed by atoms with E-state index in [1.54, 1.807) is 24.4 Å². The van der Waals surface area contributed by atoms with Crippen LogP contribution in [0.3, 0.4) is 0 Å². The molecule has 5 heterocycles. The summed E-state index contributed by atoms with van der Waals surface area (Å²) in [6, 6.07) is 20.9. The van der Waals surface area contributed by atoms with Crippen molar-refractivity contribution < 1.29 is 32.3 Å². The second-order valence-corrected chi connectivity index (χ2v) is 22.9. The quantitative estimate of drug-likeness (QED) is 0.0751. The van der Waals surface area contributed by atoms with Crippen molar-refractivity contribution in [2.45, 2.75) is 128 Å². The number of nitrogens with one attached hydrogen (secondary N) is 3. The van der Waals surface area contributed by atoms with Gasteiger partial charge in [0.15, 0.2) is 17.2 Å². The molecule has 1 spiro atoms. The molecular formula is C53H65N7O8S. The highest BCUT2D eigenvalue weighted by Gasteiger charge is 2.50. The fourth-order valence-electron chi connectivity index (χ4n) is 11.9. The van der Waals surface area contributed by atoms with Crippen LogP contribution >= 0.6 is 0 Å². The van der Waals surface area contributed by atoms with Crippen LogP contribution in [0, 0.1) is 26.9 Å². The Hall–Kier alpha value is -5.87. The Morgan fingerprint density at radius 1 is 0.986 bits per heavy atom. The van der Waals surface area contributed by atoms with Gasteiger partial charge in [0.25, 0.3) is 27.5 Å². The Bertz CT molecular complexity index is 2860. The number of nitro benzene ring substituents is 1. The van der Waals surface area contributed by atoms with Crippen LogP contribution in [-0.4, -0.2) is 79.0 Å². The number of hydrogen-bond donors (Lipinski definition) is 3. The number of hydrogen-bond acceptors (Lipinski definition) is 12. The zero-order chi connectivity index (χ0) is 48.2. The maximum atomic E-state index is 14.3. The molecule has 0 unspecified atom stereocenters. The second kappa shape index (κ2) is 18.5. The van der Waals surface area contributed by atoms with Crippen molar-refractivity contribution in [3.05, 3.63) is 99.7 Å². The summed E-state index contributed by atoms with van der Waals surface area (Å²) in [7, 11) is -4.67. The molecule has 0 radical (unpaired) electrons. The van der Waals surface area contributed by atoms with Gasteiger partial charge < -0.3 is 29.4 Å². The number of benzene rings is 3. The molecule has 69 heavy (non-hydrogen) atoms. The molecule has 2 saturated carbocycles. The van der Waals surface area contributed by atoms with Crippen LogP contribution in [0.5, 0.6) is 23.1 Å². The number of carbonyl (C=O) groups excluding carboxylic acids is 1. The predicted molar refractivity (Wildman–Crippen MR) is 266 cm³/mol. The summed E-state index contributed by atoms with van der Waals surface area (Å²) in [5.74, 6) is 0.370. The normalized spacial score (nSPS) is 21.6. The minimum absolute atomic E-state index is 0.0438. The molecule has 5 aromatic rings. The zero-order valence-electron chi connectivity index (χ0n) is 40.4. The number of nitro groups is 1. The number of likely N-dealkylation sites (tertiary alicyclic amines) is 1. The minimum Gasteiger partial charge on any atom is -0.489 e. The molecule has 5 aliphatic rings. The first-order valence-electron chi connectivity index (χ1n) is 24.9. The Labute approximate surface area is 404 Å². The molecule has 3 aromatic carbocycles. The summed E-state index contributed by atoms with van der Waals surface area (Å²) in [5.41, 5.74) is 4.54. The van der Waals surface area contributed by atoms with E-state index in [2.05, 4.69) is 81.8 Å². The molecule has 0 bridgehead atoms. The number of fused-ring (bicyclic) bond motifs is 2. The van der Waals surface area contributed by atoms with Gasteiger partial charge >= 0.3 is 0 Å². The molecule has 2 aliphatic carbocycles. The number of piperidine rings is 1. The van der Waals surface area contributed by atoms with Crippen LogP contribution in [0.2, 0.25) is 0 Å². The van der Waals surface area contributed by atoms with Crippen LogP contribution in [0.15, 0.2) is 77.8 Å². The van der Waals surface area contributed by atoms with Crippen LogP contribution < -0.4 is 29.1 Å². The van der Waals surface area contributed by atoms with E-state index >= 15 is 0 Å². The Balaban J connectivity index is 0.881. The average molecular weight is 960 g/mol. The van der Waals surface area contributed by atoms with Gasteiger partial charge in [-0.05, 0) is 136 Å². The first-order chi connectivity index (χ1) is 33.1. The van der Waals surface area contributed by atoms with Crippen molar-refractivity contribution in [2.75, 3.05) is 43.1 Å². The van der Waals surface area contributed by atoms with Crippen LogP contribution in [0.4, 0.5) is 17.1 Å². The number of anilines is 2. The summed E-state index contributed by atoms with van der Waals surface area (Å²) < 4.78 is 48.9. The van der Waals surface area contributed by atoms with E-state index in [9.17, 15) is 23.3 Å². The fourth-order valence-corrected chi connectivity index (χ4v) is 12.9. The zero-order valence-corrected chi connectivity index (χ0v) is 41.2. The number of ether oxygens (including phenoxy) is 3. The Morgan fingerprint density at radius 3 is 2.49 bits per heavy atom.